The number of hydrogen-bond acceptors (Lipinski definition) is 3. The number of rotatable bonds is 4. The molecular formula is C10H13FO3. The highest BCUT2D eigenvalue weighted by Gasteiger charge is 2.32. The molecule has 1 aromatic carbocycles. The molecule has 0 bridgehead atoms. The fourth-order valence-corrected chi connectivity index (χ4v) is 1.28. The zero-order chi connectivity index (χ0) is 10.6. The Morgan fingerprint density at radius 2 is 1.64 bits per heavy atom. The minimum absolute atomic E-state index is 0.363. The van der Waals surface area contributed by atoms with Crippen molar-refractivity contribution < 1.29 is 18.6 Å². The number of ether oxygens (including phenoxy) is 3. The van der Waals surface area contributed by atoms with Crippen LogP contribution in [-0.2, 0) is 20.2 Å². The van der Waals surface area contributed by atoms with Gasteiger partial charge in [0.25, 0.3) is 0 Å². The number of hydrogen-bond donors (Lipinski definition) is 0. The Hall–Kier alpha value is -0.970. The van der Waals surface area contributed by atoms with Crippen LogP contribution in [0.4, 0.5) is 4.39 Å². The van der Waals surface area contributed by atoms with Gasteiger partial charge >= 0.3 is 5.97 Å². The summed E-state index contributed by atoms with van der Waals surface area (Å²) in [5.41, 5.74) is 0.477. The average Bonchev–Trinajstić information content (AvgIpc) is 2.22. The Balaban J connectivity index is 3.10. The van der Waals surface area contributed by atoms with Crippen molar-refractivity contribution in [3.05, 3.63) is 35.6 Å². The van der Waals surface area contributed by atoms with Crippen molar-refractivity contribution in [2.24, 2.45) is 0 Å². The maximum atomic E-state index is 12.9. The molecular weight excluding hydrogens is 187 g/mol. The lowest BCUT2D eigenvalue weighted by atomic mass is 10.2. The van der Waals surface area contributed by atoms with Gasteiger partial charge in [0.2, 0.25) is 0 Å². The number of halogens is 1. The van der Waals surface area contributed by atoms with Gasteiger partial charge in [0, 0.05) is 26.9 Å². The van der Waals surface area contributed by atoms with E-state index >= 15 is 0 Å². The van der Waals surface area contributed by atoms with E-state index in [1.807, 2.05) is 0 Å². The number of benzene rings is 1. The summed E-state index contributed by atoms with van der Waals surface area (Å²) in [6, 6.07) is 5.88. The van der Waals surface area contributed by atoms with E-state index in [-0.39, 0.29) is 5.82 Å². The minimum Gasteiger partial charge on any atom is -0.327 e. The Labute approximate surface area is 82.4 Å². The molecule has 0 saturated carbocycles. The van der Waals surface area contributed by atoms with E-state index in [1.54, 1.807) is 12.1 Å². The molecule has 1 rings (SSSR count). The maximum Gasteiger partial charge on any atom is 0.311 e. The summed E-state index contributed by atoms with van der Waals surface area (Å²) >= 11 is 0. The van der Waals surface area contributed by atoms with Crippen molar-refractivity contribution >= 4 is 0 Å². The van der Waals surface area contributed by atoms with E-state index in [1.165, 1.54) is 33.5 Å². The normalized spacial score (nSPS) is 11.7. The molecule has 78 valence electrons. The zero-order valence-corrected chi connectivity index (χ0v) is 8.41. The van der Waals surface area contributed by atoms with E-state index in [2.05, 4.69) is 0 Å². The standard InChI is InChI=1S/C10H13FO3/c1-12-10(13-2,14-3)8-5-4-6-9(11)7-8/h4-7H,1-3H3. The third-order valence-corrected chi connectivity index (χ3v) is 1.98. The van der Waals surface area contributed by atoms with Gasteiger partial charge in [0.05, 0.1) is 0 Å². The molecule has 0 aliphatic carbocycles. The lowest BCUT2D eigenvalue weighted by Gasteiger charge is -2.28. The molecule has 0 heterocycles. The molecule has 0 fully saturated rings. The second kappa shape index (κ2) is 4.50. The monoisotopic (exact) mass is 200 g/mol. The van der Waals surface area contributed by atoms with Crippen LogP contribution in [-0.4, -0.2) is 21.3 Å². The predicted octanol–water partition coefficient (Wildman–Crippen LogP) is 1.88. The van der Waals surface area contributed by atoms with Gasteiger partial charge in [-0.25, -0.2) is 4.39 Å². The fourth-order valence-electron chi connectivity index (χ4n) is 1.28. The van der Waals surface area contributed by atoms with Gasteiger partial charge < -0.3 is 14.2 Å². The molecule has 0 spiro atoms. The SMILES string of the molecule is COC(OC)(OC)c1cccc(F)c1. The van der Waals surface area contributed by atoms with Crippen LogP contribution in [0, 0.1) is 5.82 Å². The summed E-state index contributed by atoms with van der Waals surface area (Å²) in [5, 5.41) is 0. The first-order chi connectivity index (χ1) is 6.68. The van der Waals surface area contributed by atoms with Crippen LogP contribution in [0.3, 0.4) is 0 Å². The highest BCUT2D eigenvalue weighted by atomic mass is 19.1. The lowest BCUT2D eigenvalue weighted by molar-refractivity contribution is -0.364. The smallest absolute Gasteiger partial charge is 0.311 e. The van der Waals surface area contributed by atoms with Crippen LogP contribution in [0.15, 0.2) is 24.3 Å². The van der Waals surface area contributed by atoms with Crippen LogP contribution in [0.5, 0.6) is 0 Å². The number of methoxy groups -OCH3 is 3. The van der Waals surface area contributed by atoms with Crippen LogP contribution in [0.25, 0.3) is 0 Å². The summed E-state index contributed by atoms with van der Waals surface area (Å²) in [6.07, 6.45) is 0. The predicted molar refractivity (Wildman–Crippen MR) is 49.1 cm³/mol. The topological polar surface area (TPSA) is 27.7 Å². The summed E-state index contributed by atoms with van der Waals surface area (Å²) < 4.78 is 28.1. The van der Waals surface area contributed by atoms with E-state index < -0.39 is 5.97 Å². The van der Waals surface area contributed by atoms with Crippen LogP contribution < -0.4 is 0 Å². The van der Waals surface area contributed by atoms with Gasteiger partial charge in [-0.05, 0) is 12.1 Å². The maximum absolute atomic E-state index is 12.9. The first-order valence-electron chi connectivity index (χ1n) is 4.10. The van der Waals surface area contributed by atoms with E-state index in [0.717, 1.165) is 0 Å². The van der Waals surface area contributed by atoms with Crippen molar-refractivity contribution in [1.82, 2.24) is 0 Å². The molecule has 1 aromatic rings. The van der Waals surface area contributed by atoms with Crippen LogP contribution >= 0.6 is 0 Å². The molecule has 3 nitrogen and oxygen atoms in total. The summed E-state index contributed by atoms with van der Waals surface area (Å²) in [4.78, 5) is 0. The van der Waals surface area contributed by atoms with Crippen molar-refractivity contribution in [2.75, 3.05) is 21.3 Å². The molecule has 0 saturated heterocycles. The molecule has 4 heteroatoms. The van der Waals surface area contributed by atoms with E-state index in [0.29, 0.717) is 5.56 Å². The lowest BCUT2D eigenvalue weighted by Crippen LogP contribution is -2.32. The quantitative estimate of drug-likeness (QED) is 0.694. The second-order valence-electron chi connectivity index (χ2n) is 2.68. The summed E-state index contributed by atoms with van der Waals surface area (Å²) in [5.74, 6) is -1.69. The third kappa shape index (κ3) is 1.92. The van der Waals surface area contributed by atoms with Crippen LogP contribution in [0.1, 0.15) is 5.56 Å². The minimum atomic E-state index is -1.33. The Bertz CT molecular complexity index is 289. The molecule has 14 heavy (non-hydrogen) atoms. The molecule has 0 atom stereocenters. The Morgan fingerprint density at radius 1 is 1.07 bits per heavy atom. The molecule has 0 aromatic heterocycles. The molecule has 0 unspecified atom stereocenters. The summed E-state index contributed by atoms with van der Waals surface area (Å²) in [6.45, 7) is 0. The van der Waals surface area contributed by atoms with Crippen molar-refractivity contribution in [3.63, 3.8) is 0 Å². The first kappa shape index (κ1) is 11.1. The van der Waals surface area contributed by atoms with E-state index in [4.69, 9.17) is 14.2 Å². The molecule has 0 aliphatic heterocycles. The first-order valence-corrected chi connectivity index (χ1v) is 4.10. The highest BCUT2D eigenvalue weighted by molar-refractivity contribution is 5.19. The Kier molecular flexibility index (Phi) is 3.57. The van der Waals surface area contributed by atoms with Gasteiger partial charge in [-0.1, -0.05) is 12.1 Å². The third-order valence-electron chi connectivity index (χ3n) is 1.98. The van der Waals surface area contributed by atoms with Gasteiger partial charge in [-0.2, -0.15) is 0 Å². The highest BCUT2D eigenvalue weighted by Crippen LogP contribution is 2.26. The molecule has 0 N–H and O–H groups in total. The van der Waals surface area contributed by atoms with Gasteiger partial charge in [0.1, 0.15) is 5.82 Å². The summed E-state index contributed by atoms with van der Waals surface area (Å²) in [7, 11) is 4.29. The van der Waals surface area contributed by atoms with Crippen molar-refractivity contribution in [3.8, 4) is 0 Å². The average molecular weight is 200 g/mol. The second-order valence-corrected chi connectivity index (χ2v) is 2.68. The van der Waals surface area contributed by atoms with Gasteiger partial charge in [0.15, 0.2) is 0 Å². The van der Waals surface area contributed by atoms with Crippen LogP contribution in [0.2, 0.25) is 0 Å². The molecule has 0 amide bonds. The van der Waals surface area contributed by atoms with E-state index in [9.17, 15) is 4.39 Å². The van der Waals surface area contributed by atoms with Crippen molar-refractivity contribution in [2.45, 2.75) is 5.97 Å². The van der Waals surface area contributed by atoms with Gasteiger partial charge in [-0.3, -0.25) is 0 Å². The molecule has 0 radical (unpaired) electrons. The van der Waals surface area contributed by atoms with Crippen molar-refractivity contribution in [1.29, 1.82) is 0 Å². The zero-order valence-electron chi connectivity index (χ0n) is 8.41. The Morgan fingerprint density at radius 3 is 2.07 bits per heavy atom. The fraction of sp³-hybridized carbons (Fsp3) is 0.400. The van der Waals surface area contributed by atoms with Gasteiger partial charge in [-0.15, -0.1) is 0 Å². The molecule has 0 aliphatic rings. The largest absolute Gasteiger partial charge is 0.327 e.